The maximum absolute atomic E-state index is 5.84. The molecule has 1 fully saturated rings. The normalized spacial score (nSPS) is 15.4. The zero-order valence-electron chi connectivity index (χ0n) is 8.92. The quantitative estimate of drug-likeness (QED) is 0.912. The molecule has 1 aromatic carbocycles. The second kappa shape index (κ2) is 4.54. The second-order valence-electron chi connectivity index (χ2n) is 4.17. The van der Waals surface area contributed by atoms with Crippen molar-refractivity contribution in [3.8, 4) is 5.75 Å². The molecule has 2 nitrogen and oxygen atoms in total. The molecular formula is C12H16BrNO. The summed E-state index contributed by atoms with van der Waals surface area (Å²) in [7, 11) is 0. The molecule has 15 heavy (non-hydrogen) atoms. The molecule has 0 atom stereocenters. The first-order chi connectivity index (χ1) is 7.20. The summed E-state index contributed by atoms with van der Waals surface area (Å²) < 4.78 is 6.91. The zero-order chi connectivity index (χ0) is 10.8. The molecule has 0 radical (unpaired) electrons. The highest BCUT2D eigenvalue weighted by Crippen LogP contribution is 2.32. The lowest BCUT2D eigenvalue weighted by molar-refractivity contribution is 0.295. The van der Waals surface area contributed by atoms with E-state index in [0.717, 1.165) is 33.9 Å². The molecule has 0 aliphatic heterocycles. The van der Waals surface area contributed by atoms with Gasteiger partial charge < -0.3 is 10.5 Å². The van der Waals surface area contributed by atoms with Crippen LogP contribution in [0.3, 0.4) is 0 Å². The zero-order valence-corrected chi connectivity index (χ0v) is 10.5. The van der Waals surface area contributed by atoms with Crippen molar-refractivity contribution in [1.29, 1.82) is 0 Å². The van der Waals surface area contributed by atoms with Gasteiger partial charge in [-0.25, -0.2) is 0 Å². The SMILES string of the molecule is Cc1cc(Br)cc(CN)c1OCC1CC1. The number of halogens is 1. The van der Waals surface area contributed by atoms with E-state index in [-0.39, 0.29) is 0 Å². The van der Waals surface area contributed by atoms with E-state index in [9.17, 15) is 0 Å². The number of nitrogens with two attached hydrogens (primary N) is 1. The fraction of sp³-hybridized carbons (Fsp3) is 0.500. The molecule has 0 aromatic heterocycles. The molecule has 3 heteroatoms. The predicted molar refractivity (Wildman–Crippen MR) is 65.0 cm³/mol. The van der Waals surface area contributed by atoms with E-state index < -0.39 is 0 Å². The predicted octanol–water partition coefficient (Wildman–Crippen LogP) is 3.01. The van der Waals surface area contributed by atoms with E-state index in [1.54, 1.807) is 0 Å². The van der Waals surface area contributed by atoms with Crippen LogP contribution in [0, 0.1) is 12.8 Å². The first-order valence-corrected chi connectivity index (χ1v) is 6.12. The molecule has 1 aromatic rings. The fourth-order valence-electron chi connectivity index (χ4n) is 1.64. The Balaban J connectivity index is 2.17. The number of benzene rings is 1. The summed E-state index contributed by atoms with van der Waals surface area (Å²) in [5.41, 5.74) is 7.95. The minimum absolute atomic E-state index is 0.528. The van der Waals surface area contributed by atoms with Crippen LogP contribution in [0.2, 0.25) is 0 Å². The van der Waals surface area contributed by atoms with Gasteiger partial charge >= 0.3 is 0 Å². The average molecular weight is 270 g/mol. The largest absolute Gasteiger partial charge is 0.493 e. The summed E-state index contributed by atoms with van der Waals surface area (Å²) in [5, 5.41) is 0. The van der Waals surface area contributed by atoms with E-state index in [1.807, 2.05) is 6.07 Å². The standard InChI is InChI=1S/C12H16BrNO/c1-8-4-11(13)5-10(6-14)12(8)15-7-9-2-3-9/h4-5,9H,2-3,6-7,14H2,1H3. The van der Waals surface area contributed by atoms with Crippen LogP contribution in [0.15, 0.2) is 16.6 Å². The number of aryl methyl sites for hydroxylation is 1. The molecule has 1 aliphatic rings. The third-order valence-corrected chi connectivity index (χ3v) is 3.15. The van der Waals surface area contributed by atoms with E-state index in [1.165, 1.54) is 12.8 Å². The van der Waals surface area contributed by atoms with Crippen molar-refractivity contribution < 1.29 is 4.74 Å². The van der Waals surface area contributed by atoms with Crippen LogP contribution in [0.25, 0.3) is 0 Å². The van der Waals surface area contributed by atoms with Crippen LogP contribution in [0.5, 0.6) is 5.75 Å². The van der Waals surface area contributed by atoms with Crippen LogP contribution in [0.4, 0.5) is 0 Å². The molecule has 1 saturated carbocycles. The van der Waals surface area contributed by atoms with Gasteiger partial charge in [0.15, 0.2) is 0 Å². The lowest BCUT2D eigenvalue weighted by Gasteiger charge is -2.13. The Morgan fingerprint density at radius 2 is 2.20 bits per heavy atom. The molecule has 0 saturated heterocycles. The van der Waals surface area contributed by atoms with Crippen molar-refractivity contribution in [3.63, 3.8) is 0 Å². The van der Waals surface area contributed by atoms with Gasteiger partial charge in [0, 0.05) is 16.6 Å². The summed E-state index contributed by atoms with van der Waals surface area (Å²) in [6.07, 6.45) is 2.63. The second-order valence-corrected chi connectivity index (χ2v) is 5.09. The summed E-state index contributed by atoms with van der Waals surface area (Å²) in [6, 6.07) is 4.11. The van der Waals surface area contributed by atoms with Crippen LogP contribution in [0.1, 0.15) is 24.0 Å². The maximum Gasteiger partial charge on any atom is 0.126 e. The fourth-order valence-corrected chi connectivity index (χ4v) is 2.26. The van der Waals surface area contributed by atoms with E-state index >= 15 is 0 Å². The Labute approximate surface area is 98.9 Å². The minimum Gasteiger partial charge on any atom is -0.493 e. The maximum atomic E-state index is 5.84. The van der Waals surface area contributed by atoms with Crippen molar-refractivity contribution in [3.05, 3.63) is 27.7 Å². The van der Waals surface area contributed by atoms with Crippen LogP contribution in [-0.4, -0.2) is 6.61 Å². The monoisotopic (exact) mass is 269 g/mol. The van der Waals surface area contributed by atoms with Crippen LogP contribution < -0.4 is 10.5 Å². The Morgan fingerprint density at radius 1 is 1.47 bits per heavy atom. The van der Waals surface area contributed by atoms with Gasteiger partial charge in [0.05, 0.1) is 6.61 Å². The highest BCUT2D eigenvalue weighted by Gasteiger charge is 2.22. The molecule has 2 N–H and O–H groups in total. The van der Waals surface area contributed by atoms with Crippen LogP contribution >= 0.6 is 15.9 Å². The summed E-state index contributed by atoms with van der Waals surface area (Å²) in [4.78, 5) is 0. The third kappa shape index (κ3) is 2.73. The number of hydrogen-bond acceptors (Lipinski definition) is 2. The number of hydrogen-bond donors (Lipinski definition) is 1. The van der Waals surface area contributed by atoms with Gasteiger partial charge in [0.2, 0.25) is 0 Å². The van der Waals surface area contributed by atoms with Gasteiger partial charge in [-0.3, -0.25) is 0 Å². The minimum atomic E-state index is 0.528. The third-order valence-electron chi connectivity index (χ3n) is 2.70. The lowest BCUT2D eigenvalue weighted by atomic mass is 10.1. The van der Waals surface area contributed by atoms with E-state index in [2.05, 4.69) is 28.9 Å². The first-order valence-electron chi connectivity index (χ1n) is 5.32. The molecule has 0 spiro atoms. The van der Waals surface area contributed by atoms with Crippen molar-refractivity contribution in [2.45, 2.75) is 26.3 Å². The van der Waals surface area contributed by atoms with Gasteiger partial charge in [-0.2, -0.15) is 0 Å². The van der Waals surface area contributed by atoms with Crippen molar-refractivity contribution in [2.75, 3.05) is 6.61 Å². The Bertz CT molecular complexity index is 361. The molecule has 0 unspecified atom stereocenters. The lowest BCUT2D eigenvalue weighted by Crippen LogP contribution is -2.06. The number of rotatable bonds is 4. The molecular weight excluding hydrogens is 254 g/mol. The van der Waals surface area contributed by atoms with E-state index in [4.69, 9.17) is 10.5 Å². The van der Waals surface area contributed by atoms with Crippen LogP contribution in [-0.2, 0) is 6.54 Å². The van der Waals surface area contributed by atoms with Crippen molar-refractivity contribution >= 4 is 15.9 Å². The molecule has 82 valence electrons. The van der Waals surface area contributed by atoms with E-state index in [0.29, 0.717) is 6.54 Å². The van der Waals surface area contributed by atoms with Crippen molar-refractivity contribution in [1.82, 2.24) is 0 Å². The van der Waals surface area contributed by atoms with Gasteiger partial charge in [-0.15, -0.1) is 0 Å². The molecule has 1 aliphatic carbocycles. The first kappa shape index (κ1) is 11.0. The molecule has 0 amide bonds. The van der Waals surface area contributed by atoms with Gasteiger partial charge in [0.1, 0.15) is 5.75 Å². The highest BCUT2D eigenvalue weighted by atomic mass is 79.9. The molecule has 2 rings (SSSR count). The number of ether oxygens (including phenoxy) is 1. The van der Waals surface area contributed by atoms with Gasteiger partial charge in [-0.05, 0) is 43.4 Å². The smallest absolute Gasteiger partial charge is 0.126 e. The summed E-state index contributed by atoms with van der Waals surface area (Å²) in [6.45, 7) is 3.43. The highest BCUT2D eigenvalue weighted by molar-refractivity contribution is 9.10. The Hall–Kier alpha value is -0.540. The summed E-state index contributed by atoms with van der Waals surface area (Å²) >= 11 is 3.47. The topological polar surface area (TPSA) is 35.2 Å². The van der Waals surface area contributed by atoms with Gasteiger partial charge in [0.25, 0.3) is 0 Å². The average Bonchev–Trinajstić information content (AvgIpc) is 2.99. The Morgan fingerprint density at radius 3 is 2.80 bits per heavy atom. The molecule has 0 heterocycles. The van der Waals surface area contributed by atoms with Gasteiger partial charge in [-0.1, -0.05) is 15.9 Å². The Kier molecular flexibility index (Phi) is 3.32. The van der Waals surface area contributed by atoms with Crippen molar-refractivity contribution in [2.24, 2.45) is 11.7 Å². The molecule has 0 bridgehead atoms. The summed E-state index contributed by atoms with van der Waals surface area (Å²) in [5.74, 6) is 1.76.